The summed E-state index contributed by atoms with van der Waals surface area (Å²) in [4.78, 5) is 25.9. The second kappa shape index (κ2) is 21.1. The number of unbranched alkanes of at least 4 members (excludes halogenated alkanes) is 14. The van der Waals surface area contributed by atoms with Crippen LogP contribution in [0.1, 0.15) is 125 Å². The number of carbonyl (C=O) groups excluding carboxylic acids is 2. The lowest BCUT2D eigenvalue weighted by Crippen LogP contribution is -2.50. The highest BCUT2D eigenvalue weighted by atomic mass is 16.3. The van der Waals surface area contributed by atoms with Crippen molar-refractivity contribution < 1.29 is 16.1 Å². The third-order valence-electron chi connectivity index (χ3n) is 5.79. The molecule has 0 aliphatic heterocycles. The van der Waals surface area contributed by atoms with Crippen LogP contribution in [0.2, 0.25) is 0 Å². The first-order valence-corrected chi connectivity index (χ1v) is 12.6. The van der Waals surface area contributed by atoms with E-state index in [1.807, 2.05) is 13.8 Å². The monoisotopic (exact) mass is 427 g/mol. The molecule has 5 nitrogen and oxygen atoms in total. The molecule has 0 fully saturated rings. The first-order valence-electron chi connectivity index (χ1n) is 13.3. The Balaban J connectivity index is 3.52. The lowest BCUT2D eigenvalue weighted by atomic mass is 10.0. The Morgan fingerprint density at radius 2 is 1.23 bits per heavy atom. The second-order valence-corrected chi connectivity index (χ2v) is 8.37. The molecule has 0 radical (unpaired) electrons. The fourth-order valence-corrected chi connectivity index (χ4v) is 3.79. The topological polar surface area (TPSA) is 69.6 Å². The van der Waals surface area contributed by atoms with Crippen LogP contribution in [0.4, 0.5) is 0 Å². The van der Waals surface area contributed by atoms with Crippen LogP contribution in [0.5, 0.6) is 0 Å². The highest BCUT2D eigenvalue weighted by Gasteiger charge is 2.23. The minimum absolute atomic E-state index is 0.143. The molecule has 0 aliphatic carbocycles. The van der Waals surface area contributed by atoms with E-state index in [1.165, 1.54) is 70.6 Å². The van der Waals surface area contributed by atoms with Crippen LogP contribution in [-0.4, -0.2) is 47.6 Å². The summed E-state index contributed by atoms with van der Waals surface area (Å²) in [6.45, 7) is 5.17. The van der Waals surface area contributed by atoms with Gasteiger partial charge < -0.3 is 15.3 Å². The van der Waals surface area contributed by atoms with Crippen molar-refractivity contribution in [1.29, 1.82) is 0 Å². The number of nitrogens with one attached hydrogen (secondary N) is 1. The molecule has 0 bridgehead atoms. The molecular weight excluding hydrogens is 376 g/mol. The van der Waals surface area contributed by atoms with Crippen molar-refractivity contribution in [3.8, 4) is 0 Å². The van der Waals surface area contributed by atoms with Gasteiger partial charge in [-0.1, -0.05) is 96.8 Å². The van der Waals surface area contributed by atoms with Gasteiger partial charge in [-0.15, -0.1) is 0 Å². The summed E-state index contributed by atoms with van der Waals surface area (Å²) in [5.74, 6) is -0.350. The van der Waals surface area contributed by atoms with Gasteiger partial charge in [-0.2, -0.15) is 0 Å². The van der Waals surface area contributed by atoms with E-state index in [2.05, 4.69) is 5.32 Å². The Bertz CT molecular complexity index is 431. The Morgan fingerprint density at radius 3 is 1.63 bits per heavy atom. The molecule has 1 atom stereocenters. The summed E-state index contributed by atoms with van der Waals surface area (Å²) in [7, 11) is 0. The maximum Gasteiger partial charge on any atom is 0.247 e. The lowest BCUT2D eigenvalue weighted by Gasteiger charge is -2.24. The number of rotatable bonds is 21. The van der Waals surface area contributed by atoms with Gasteiger partial charge >= 0.3 is 0 Å². The summed E-state index contributed by atoms with van der Waals surface area (Å²) >= 11 is 0. The fraction of sp³-hybridized carbons (Fsp3) is 0.920. The number of amides is 2. The molecular formula is C25H50N2O3. The molecule has 0 aromatic carbocycles. The largest absolute Gasteiger partial charge is 0.394 e. The molecule has 0 saturated carbocycles. The number of carbonyl (C=O) groups is 2. The van der Waals surface area contributed by atoms with Crippen LogP contribution in [0, 0.1) is 0 Å². The molecule has 0 aromatic rings. The maximum atomic E-state index is 12.2. The zero-order chi connectivity index (χ0) is 23.2. The average Bonchev–Trinajstić information content (AvgIpc) is 2.77. The quantitative estimate of drug-likeness (QED) is 0.234. The van der Waals surface area contributed by atoms with E-state index in [0.717, 1.165) is 25.7 Å². The van der Waals surface area contributed by atoms with Crippen LogP contribution < -0.4 is 5.32 Å². The molecule has 30 heavy (non-hydrogen) atoms. The summed E-state index contributed by atoms with van der Waals surface area (Å²) in [5.41, 5.74) is 0. The number of aliphatic hydroxyl groups is 1. The number of hydrogen-bond donors (Lipinski definition) is 2. The molecule has 0 saturated heterocycles. The average molecular weight is 428 g/mol. The summed E-state index contributed by atoms with van der Waals surface area (Å²) in [6, 6.07) is -0.818. The van der Waals surface area contributed by atoms with Crippen LogP contribution >= 0.6 is 0 Å². The van der Waals surface area contributed by atoms with Gasteiger partial charge in [0.2, 0.25) is 11.8 Å². The van der Waals surface area contributed by atoms with Crippen LogP contribution in [0.15, 0.2) is 0 Å². The van der Waals surface area contributed by atoms with Crippen LogP contribution in [0.25, 0.3) is 0 Å². The zero-order valence-electron chi connectivity index (χ0n) is 20.9. The third-order valence-corrected chi connectivity index (χ3v) is 5.79. The zero-order valence-corrected chi connectivity index (χ0v) is 19.9. The fourth-order valence-electron chi connectivity index (χ4n) is 3.79. The Hall–Kier alpha value is -1.10. The lowest BCUT2D eigenvalue weighted by molar-refractivity contribution is -0.137. The molecule has 0 aromatic heterocycles. The van der Waals surface area contributed by atoms with Crippen LogP contribution in [0.3, 0.4) is 0 Å². The molecule has 178 valence electrons. The van der Waals surface area contributed by atoms with Gasteiger partial charge in [0.05, 0.1) is 6.61 Å². The molecule has 0 rings (SSSR count). The van der Waals surface area contributed by atoms with Crippen molar-refractivity contribution in [2.45, 2.75) is 130 Å². The Labute approximate surface area is 187 Å². The van der Waals surface area contributed by atoms with Crippen molar-refractivity contribution in [2.75, 3.05) is 19.7 Å². The maximum absolute atomic E-state index is 12.2. The predicted octanol–water partition coefficient (Wildman–Crippen LogP) is 5.59. The minimum Gasteiger partial charge on any atom is -0.394 e. The molecule has 0 aliphatic rings. The molecule has 0 spiro atoms. The predicted molar refractivity (Wildman–Crippen MR) is 126 cm³/mol. The van der Waals surface area contributed by atoms with E-state index >= 15 is 0 Å². The number of hydrogen-bond acceptors (Lipinski definition) is 3. The van der Waals surface area contributed by atoms with E-state index in [-0.39, 0.29) is 18.4 Å². The minimum atomic E-state index is -0.818. The number of nitrogens with zero attached hydrogens (tertiary/aromatic N) is 1. The number of likely N-dealkylation sites (N-methyl/N-ethyl adjacent to an activating group) is 1. The van der Waals surface area contributed by atoms with Crippen molar-refractivity contribution in [1.82, 2.24) is 10.2 Å². The standard InChI is InChI=1S/C25H50N2O3/c1-4-7-8-9-10-11-12-13-14-15-16-17-18-19-20-21-24(29)26-23(22-28)25(30)27(5-2)6-3/h23,28H,4-22H2,1-3H3,(H,26,29)/t23-/m0/s1/i1D. The van der Waals surface area contributed by atoms with Gasteiger partial charge in [-0.05, 0) is 20.3 Å². The normalized spacial score (nSPS) is 12.4. The van der Waals surface area contributed by atoms with E-state index in [0.29, 0.717) is 26.4 Å². The van der Waals surface area contributed by atoms with Gasteiger partial charge in [0.15, 0.2) is 0 Å². The van der Waals surface area contributed by atoms with Gasteiger partial charge in [-0.3, -0.25) is 9.59 Å². The summed E-state index contributed by atoms with van der Waals surface area (Å²) in [6.07, 6.45) is 19.0. The van der Waals surface area contributed by atoms with Crippen molar-refractivity contribution in [2.24, 2.45) is 0 Å². The van der Waals surface area contributed by atoms with E-state index < -0.39 is 6.04 Å². The van der Waals surface area contributed by atoms with Gasteiger partial charge in [0.1, 0.15) is 6.04 Å². The Kier molecular flexibility index (Phi) is 19.0. The van der Waals surface area contributed by atoms with Crippen molar-refractivity contribution >= 4 is 11.8 Å². The van der Waals surface area contributed by atoms with E-state index in [9.17, 15) is 14.7 Å². The first-order chi connectivity index (χ1) is 15.1. The number of aliphatic hydroxyl groups excluding tert-OH is 1. The van der Waals surface area contributed by atoms with E-state index in [4.69, 9.17) is 1.37 Å². The smallest absolute Gasteiger partial charge is 0.247 e. The second-order valence-electron chi connectivity index (χ2n) is 8.37. The highest BCUT2D eigenvalue weighted by molar-refractivity contribution is 5.87. The van der Waals surface area contributed by atoms with Crippen molar-refractivity contribution in [3.05, 3.63) is 0 Å². The van der Waals surface area contributed by atoms with Crippen molar-refractivity contribution in [3.63, 3.8) is 0 Å². The SMILES string of the molecule is [2H]CCCCCCCCCCCCCCCCCC(=O)N[C@@H](CO)C(=O)N(CC)CC. The summed E-state index contributed by atoms with van der Waals surface area (Å²) < 4.78 is 7.12. The molecule has 5 heteroatoms. The molecule has 2 amide bonds. The Morgan fingerprint density at radius 1 is 0.800 bits per heavy atom. The molecule has 0 unspecified atom stereocenters. The van der Waals surface area contributed by atoms with Gasteiger partial charge in [-0.25, -0.2) is 0 Å². The molecule has 2 N–H and O–H groups in total. The van der Waals surface area contributed by atoms with E-state index in [1.54, 1.807) is 4.90 Å². The van der Waals surface area contributed by atoms with Crippen LogP contribution in [-0.2, 0) is 9.59 Å². The third kappa shape index (κ3) is 15.7. The first kappa shape index (κ1) is 26.9. The van der Waals surface area contributed by atoms with Gasteiger partial charge in [0, 0.05) is 20.9 Å². The van der Waals surface area contributed by atoms with Gasteiger partial charge in [0.25, 0.3) is 0 Å². The summed E-state index contributed by atoms with van der Waals surface area (Å²) in [5, 5.41) is 12.1. The highest BCUT2D eigenvalue weighted by Crippen LogP contribution is 2.13. The molecule has 0 heterocycles.